The van der Waals surface area contributed by atoms with Crippen molar-refractivity contribution in [3.8, 4) is 0 Å². The van der Waals surface area contributed by atoms with Gasteiger partial charge in [0.1, 0.15) is 5.82 Å². The van der Waals surface area contributed by atoms with Gasteiger partial charge in [0.2, 0.25) is 0 Å². The van der Waals surface area contributed by atoms with E-state index < -0.39 is 0 Å². The van der Waals surface area contributed by atoms with Gasteiger partial charge in [0.15, 0.2) is 0 Å². The molecule has 0 spiro atoms. The van der Waals surface area contributed by atoms with Gasteiger partial charge >= 0.3 is 0 Å². The number of nitrogens with one attached hydrogen (secondary N) is 1. The molecule has 0 bridgehead atoms. The van der Waals surface area contributed by atoms with E-state index in [1.165, 1.54) is 12.1 Å². The summed E-state index contributed by atoms with van der Waals surface area (Å²) in [5.74, 6) is -0.185. The van der Waals surface area contributed by atoms with E-state index in [4.69, 9.17) is 0 Å². The standard InChI is InChI=1S/C11H13BrFN/c1-9(12)8-14-7-6-10-2-4-11(13)5-3-10/h2-5,14H,1,6-8H2. The van der Waals surface area contributed by atoms with Gasteiger partial charge < -0.3 is 5.32 Å². The molecule has 0 unspecified atom stereocenters. The molecule has 1 N–H and O–H groups in total. The third kappa shape index (κ3) is 4.53. The molecule has 0 saturated carbocycles. The highest BCUT2D eigenvalue weighted by Crippen LogP contribution is 2.03. The van der Waals surface area contributed by atoms with Crippen LogP contribution in [0.3, 0.4) is 0 Å². The van der Waals surface area contributed by atoms with Gasteiger partial charge in [0.25, 0.3) is 0 Å². The number of rotatable bonds is 5. The summed E-state index contributed by atoms with van der Waals surface area (Å²) in [7, 11) is 0. The summed E-state index contributed by atoms with van der Waals surface area (Å²) in [6, 6.07) is 6.58. The molecule has 1 rings (SSSR count). The summed E-state index contributed by atoms with van der Waals surface area (Å²) >= 11 is 3.26. The van der Waals surface area contributed by atoms with Crippen LogP contribution in [0.2, 0.25) is 0 Å². The van der Waals surface area contributed by atoms with Crippen molar-refractivity contribution in [2.24, 2.45) is 0 Å². The van der Waals surface area contributed by atoms with Crippen LogP contribution in [0.1, 0.15) is 5.56 Å². The summed E-state index contributed by atoms with van der Waals surface area (Å²) < 4.78 is 13.5. The van der Waals surface area contributed by atoms with Crippen LogP contribution in [-0.2, 0) is 6.42 Å². The lowest BCUT2D eigenvalue weighted by molar-refractivity contribution is 0.626. The molecular formula is C11H13BrFN. The molecule has 0 aliphatic heterocycles. The summed E-state index contributed by atoms with van der Waals surface area (Å²) in [6.07, 6.45) is 0.903. The highest BCUT2D eigenvalue weighted by atomic mass is 79.9. The topological polar surface area (TPSA) is 12.0 Å². The van der Waals surface area contributed by atoms with Crippen molar-refractivity contribution in [1.29, 1.82) is 0 Å². The van der Waals surface area contributed by atoms with Gasteiger partial charge in [-0.3, -0.25) is 0 Å². The van der Waals surface area contributed by atoms with Crippen molar-refractivity contribution in [1.82, 2.24) is 5.32 Å². The molecule has 0 radical (unpaired) electrons. The number of hydrogen-bond acceptors (Lipinski definition) is 1. The molecule has 76 valence electrons. The van der Waals surface area contributed by atoms with Crippen molar-refractivity contribution in [3.63, 3.8) is 0 Å². The first kappa shape index (κ1) is 11.4. The summed E-state index contributed by atoms with van der Waals surface area (Å²) in [4.78, 5) is 0. The van der Waals surface area contributed by atoms with Crippen molar-refractivity contribution in [2.45, 2.75) is 6.42 Å². The summed E-state index contributed by atoms with van der Waals surface area (Å²) in [5, 5.41) is 3.21. The second-order valence-electron chi connectivity index (χ2n) is 3.07. The highest BCUT2D eigenvalue weighted by Gasteiger charge is 1.94. The van der Waals surface area contributed by atoms with E-state index in [2.05, 4.69) is 27.8 Å². The minimum atomic E-state index is -0.185. The van der Waals surface area contributed by atoms with Crippen molar-refractivity contribution >= 4 is 15.9 Å². The fraction of sp³-hybridized carbons (Fsp3) is 0.273. The lowest BCUT2D eigenvalue weighted by Crippen LogP contribution is -2.18. The number of halogens is 2. The Bertz CT molecular complexity index is 295. The Morgan fingerprint density at radius 1 is 1.36 bits per heavy atom. The molecule has 0 fully saturated rings. The fourth-order valence-corrected chi connectivity index (χ4v) is 1.31. The predicted molar refractivity (Wildman–Crippen MR) is 61.0 cm³/mol. The normalized spacial score (nSPS) is 10.1. The van der Waals surface area contributed by atoms with Crippen LogP contribution in [0.25, 0.3) is 0 Å². The molecule has 1 aromatic carbocycles. The molecule has 3 heteroatoms. The van der Waals surface area contributed by atoms with Gasteiger partial charge in [-0.2, -0.15) is 0 Å². The third-order valence-electron chi connectivity index (χ3n) is 1.82. The van der Waals surface area contributed by atoms with Crippen LogP contribution >= 0.6 is 15.9 Å². The van der Waals surface area contributed by atoms with Crippen LogP contribution < -0.4 is 5.32 Å². The SMILES string of the molecule is C=C(Br)CNCCc1ccc(F)cc1. The molecule has 0 aliphatic rings. The lowest BCUT2D eigenvalue weighted by Gasteiger charge is -2.03. The molecule has 0 amide bonds. The van der Waals surface area contributed by atoms with Crippen molar-refractivity contribution < 1.29 is 4.39 Å². The first-order valence-corrected chi connectivity index (χ1v) is 5.26. The Morgan fingerprint density at radius 2 is 2.00 bits per heavy atom. The molecule has 0 aliphatic carbocycles. The van der Waals surface area contributed by atoms with E-state index >= 15 is 0 Å². The van der Waals surface area contributed by atoms with Crippen molar-refractivity contribution in [2.75, 3.05) is 13.1 Å². The van der Waals surface area contributed by atoms with Gasteiger partial charge in [0.05, 0.1) is 0 Å². The third-order valence-corrected chi connectivity index (χ3v) is 2.10. The van der Waals surface area contributed by atoms with E-state index in [-0.39, 0.29) is 5.82 Å². The maximum Gasteiger partial charge on any atom is 0.123 e. The average molecular weight is 258 g/mol. The van der Waals surface area contributed by atoms with E-state index in [0.717, 1.165) is 29.6 Å². The molecule has 1 aromatic rings. The Kier molecular flexibility index (Phi) is 4.84. The van der Waals surface area contributed by atoms with Crippen LogP contribution in [0.15, 0.2) is 35.3 Å². The zero-order valence-electron chi connectivity index (χ0n) is 7.89. The van der Waals surface area contributed by atoms with E-state index in [0.29, 0.717) is 0 Å². The first-order chi connectivity index (χ1) is 6.68. The second kappa shape index (κ2) is 5.94. The molecule has 0 atom stereocenters. The minimum absolute atomic E-state index is 0.185. The Labute approximate surface area is 92.1 Å². The van der Waals surface area contributed by atoms with Gasteiger partial charge in [-0.15, -0.1) is 0 Å². The zero-order chi connectivity index (χ0) is 10.4. The monoisotopic (exact) mass is 257 g/mol. The highest BCUT2D eigenvalue weighted by molar-refractivity contribution is 9.11. The van der Waals surface area contributed by atoms with Crippen LogP contribution in [0.4, 0.5) is 4.39 Å². The molecule has 0 heterocycles. The molecule has 0 aromatic heterocycles. The Morgan fingerprint density at radius 3 is 2.57 bits per heavy atom. The Balaban J connectivity index is 2.25. The summed E-state index contributed by atoms with van der Waals surface area (Å²) in [6.45, 7) is 5.35. The first-order valence-electron chi connectivity index (χ1n) is 4.47. The average Bonchev–Trinajstić information content (AvgIpc) is 2.15. The van der Waals surface area contributed by atoms with Gasteiger partial charge in [-0.1, -0.05) is 34.6 Å². The molecular weight excluding hydrogens is 245 g/mol. The largest absolute Gasteiger partial charge is 0.312 e. The number of hydrogen-bond donors (Lipinski definition) is 1. The van der Waals surface area contributed by atoms with Crippen LogP contribution in [0, 0.1) is 5.82 Å². The number of benzene rings is 1. The molecule has 14 heavy (non-hydrogen) atoms. The lowest BCUT2D eigenvalue weighted by atomic mass is 10.1. The fourth-order valence-electron chi connectivity index (χ4n) is 1.11. The predicted octanol–water partition coefficient (Wildman–Crippen LogP) is 2.87. The van der Waals surface area contributed by atoms with Gasteiger partial charge in [-0.05, 0) is 30.7 Å². The maximum absolute atomic E-state index is 12.5. The van der Waals surface area contributed by atoms with Crippen LogP contribution in [-0.4, -0.2) is 13.1 Å². The van der Waals surface area contributed by atoms with Crippen molar-refractivity contribution in [3.05, 3.63) is 46.7 Å². The quantitative estimate of drug-likeness (QED) is 0.801. The van der Waals surface area contributed by atoms with Gasteiger partial charge in [-0.25, -0.2) is 4.39 Å². The van der Waals surface area contributed by atoms with Crippen LogP contribution in [0.5, 0.6) is 0 Å². The maximum atomic E-state index is 12.5. The van der Waals surface area contributed by atoms with E-state index in [1.807, 2.05) is 0 Å². The molecule has 1 nitrogen and oxygen atoms in total. The smallest absolute Gasteiger partial charge is 0.123 e. The zero-order valence-corrected chi connectivity index (χ0v) is 9.48. The minimum Gasteiger partial charge on any atom is -0.312 e. The second-order valence-corrected chi connectivity index (χ2v) is 4.19. The summed E-state index contributed by atoms with van der Waals surface area (Å²) in [5.41, 5.74) is 1.14. The van der Waals surface area contributed by atoms with E-state index in [9.17, 15) is 4.39 Å². The van der Waals surface area contributed by atoms with Gasteiger partial charge in [0, 0.05) is 11.0 Å². The Hall–Kier alpha value is -0.670. The van der Waals surface area contributed by atoms with E-state index in [1.54, 1.807) is 12.1 Å². The molecule has 0 saturated heterocycles.